The van der Waals surface area contributed by atoms with E-state index in [0.29, 0.717) is 5.01 Å². The minimum Gasteiger partial charge on any atom is -0.319 e. The average molecular weight is 264 g/mol. The molecule has 7 heteroatoms. The molecule has 1 N–H and O–H groups in total. The van der Waals surface area contributed by atoms with E-state index in [4.69, 9.17) is 0 Å². The molecule has 2 rings (SSSR count). The summed E-state index contributed by atoms with van der Waals surface area (Å²) in [5.74, 6) is 0. The van der Waals surface area contributed by atoms with Gasteiger partial charge in [0.2, 0.25) is 0 Å². The van der Waals surface area contributed by atoms with Crippen LogP contribution in [0.15, 0.2) is 24.3 Å². The van der Waals surface area contributed by atoms with E-state index in [1.54, 1.807) is 12.1 Å². The number of nitrogens with one attached hydrogen (secondary N) is 1. The summed E-state index contributed by atoms with van der Waals surface area (Å²) in [5.41, 5.74) is 0.803. The van der Waals surface area contributed by atoms with Crippen LogP contribution < -0.4 is 5.32 Å². The minimum atomic E-state index is -0.410. The number of nitro groups is 1. The number of hydrogen-bond donors (Lipinski definition) is 1. The molecule has 94 valence electrons. The van der Waals surface area contributed by atoms with E-state index in [1.165, 1.54) is 23.5 Å². The van der Waals surface area contributed by atoms with Gasteiger partial charge in [-0.1, -0.05) is 23.5 Å². The Bertz CT molecular complexity index is 555. The van der Waals surface area contributed by atoms with Crippen molar-refractivity contribution in [3.05, 3.63) is 39.4 Å². The number of nitrogens with zero attached hydrogens (tertiary/aromatic N) is 3. The summed E-state index contributed by atoms with van der Waals surface area (Å²) in [4.78, 5) is 10.3. The second-order valence-electron chi connectivity index (χ2n) is 3.66. The molecular weight excluding hydrogens is 252 g/mol. The van der Waals surface area contributed by atoms with Crippen molar-refractivity contribution in [1.29, 1.82) is 0 Å². The first-order chi connectivity index (χ1) is 8.70. The standard InChI is InChI=1S/C11H12N4O2S/c1-12-6-5-10-13-14-11(18-10)8-3-2-4-9(7-8)15(16)17/h2-4,7,12H,5-6H2,1H3. The molecule has 0 atom stereocenters. The summed E-state index contributed by atoms with van der Waals surface area (Å²) in [6.45, 7) is 0.837. The highest BCUT2D eigenvalue weighted by Gasteiger charge is 2.10. The Morgan fingerprint density at radius 1 is 1.44 bits per heavy atom. The van der Waals surface area contributed by atoms with Gasteiger partial charge in [0.25, 0.3) is 5.69 Å². The third-order valence-electron chi connectivity index (χ3n) is 2.36. The fourth-order valence-corrected chi connectivity index (χ4v) is 2.29. The predicted molar refractivity (Wildman–Crippen MR) is 69.6 cm³/mol. The second kappa shape index (κ2) is 5.65. The highest BCUT2D eigenvalue weighted by molar-refractivity contribution is 7.14. The lowest BCUT2D eigenvalue weighted by Crippen LogP contribution is -2.09. The smallest absolute Gasteiger partial charge is 0.270 e. The lowest BCUT2D eigenvalue weighted by atomic mass is 10.2. The van der Waals surface area contributed by atoms with Gasteiger partial charge in [0, 0.05) is 30.7 Å². The molecule has 0 saturated carbocycles. The van der Waals surface area contributed by atoms with E-state index in [-0.39, 0.29) is 5.69 Å². The summed E-state index contributed by atoms with van der Waals surface area (Å²) in [6.07, 6.45) is 0.809. The first-order valence-electron chi connectivity index (χ1n) is 5.42. The number of hydrogen-bond acceptors (Lipinski definition) is 6. The van der Waals surface area contributed by atoms with E-state index in [0.717, 1.165) is 23.5 Å². The van der Waals surface area contributed by atoms with E-state index in [1.807, 2.05) is 7.05 Å². The molecule has 0 spiro atoms. The summed E-state index contributed by atoms with van der Waals surface area (Å²) >= 11 is 1.46. The number of benzene rings is 1. The van der Waals surface area contributed by atoms with Gasteiger partial charge < -0.3 is 5.32 Å². The van der Waals surface area contributed by atoms with Crippen LogP contribution in [0.2, 0.25) is 0 Å². The highest BCUT2D eigenvalue weighted by Crippen LogP contribution is 2.26. The molecule has 1 aromatic heterocycles. The van der Waals surface area contributed by atoms with Gasteiger partial charge in [-0.05, 0) is 7.05 Å². The van der Waals surface area contributed by atoms with Gasteiger partial charge in [-0.25, -0.2) is 0 Å². The first kappa shape index (κ1) is 12.6. The summed E-state index contributed by atoms with van der Waals surface area (Å²) in [7, 11) is 1.88. The summed E-state index contributed by atoms with van der Waals surface area (Å²) < 4.78 is 0. The van der Waals surface area contributed by atoms with Gasteiger partial charge >= 0.3 is 0 Å². The third-order valence-corrected chi connectivity index (χ3v) is 3.39. The number of likely N-dealkylation sites (N-methyl/N-ethyl adjacent to an activating group) is 1. The maximum Gasteiger partial charge on any atom is 0.270 e. The maximum atomic E-state index is 10.7. The highest BCUT2D eigenvalue weighted by atomic mass is 32.1. The zero-order valence-electron chi connectivity index (χ0n) is 9.79. The van der Waals surface area contributed by atoms with Crippen LogP contribution in [0, 0.1) is 10.1 Å². The average Bonchev–Trinajstić information content (AvgIpc) is 2.85. The minimum absolute atomic E-state index is 0.0690. The van der Waals surface area contributed by atoms with Crippen LogP contribution in [-0.2, 0) is 6.42 Å². The number of non-ortho nitro benzene ring substituents is 1. The van der Waals surface area contributed by atoms with E-state index >= 15 is 0 Å². The first-order valence-corrected chi connectivity index (χ1v) is 6.24. The Hall–Kier alpha value is -1.86. The molecule has 0 aliphatic carbocycles. The van der Waals surface area contributed by atoms with Crippen molar-refractivity contribution in [2.24, 2.45) is 0 Å². The molecule has 0 saturated heterocycles. The van der Waals surface area contributed by atoms with Crippen molar-refractivity contribution in [3.63, 3.8) is 0 Å². The second-order valence-corrected chi connectivity index (χ2v) is 4.72. The Balaban J connectivity index is 2.23. The zero-order valence-corrected chi connectivity index (χ0v) is 10.6. The largest absolute Gasteiger partial charge is 0.319 e. The number of aromatic nitrogens is 2. The molecule has 0 radical (unpaired) electrons. The zero-order chi connectivity index (χ0) is 13.0. The Kier molecular flexibility index (Phi) is 3.96. The molecule has 0 aliphatic heterocycles. The van der Waals surface area contributed by atoms with Gasteiger partial charge in [-0.3, -0.25) is 10.1 Å². The van der Waals surface area contributed by atoms with Crippen molar-refractivity contribution < 1.29 is 4.92 Å². The van der Waals surface area contributed by atoms with Crippen LogP contribution in [-0.4, -0.2) is 28.7 Å². The Morgan fingerprint density at radius 3 is 3.00 bits per heavy atom. The van der Waals surface area contributed by atoms with E-state index < -0.39 is 4.92 Å². The monoisotopic (exact) mass is 264 g/mol. The van der Waals surface area contributed by atoms with Crippen LogP contribution in [0.4, 0.5) is 5.69 Å². The Morgan fingerprint density at radius 2 is 2.28 bits per heavy atom. The maximum absolute atomic E-state index is 10.7. The molecule has 18 heavy (non-hydrogen) atoms. The van der Waals surface area contributed by atoms with Crippen molar-refractivity contribution in [2.45, 2.75) is 6.42 Å². The van der Waals surface area contributed by atoms with Crippen LogP contribution in [0.3, 0.4) is 0 Å². The van der Waals surface area contributed by atoms with Gasteiger partial charge in [0.1, 0.15) is 10.0 Å². The predicted octanol–water partition coefficient (Wildman–Crippen LogP) is 1.88. The fraction of sp³-hybridized carbons (Fsp3) is 0.273. The Labute approximate surface area is 108 Å². The van der Waals surface area contributed by atoms with Crippen LogP contribution in [0.1, 0.15) is 5.01 Å². The molecule has 1 aromatic carbocycles. The quantitative estimate of drug-likeness (QED) is 0.658. The lowest BCUT2D eigenvalue weighted by Gasteiger charge is -1.95. The SMILES string of the molecule is CNCCc1nnc(-c2cccc([N+](=O)[O-])c2)s1. The normalized spacial score (nSPS) is 10.5. The van der Waals surface area contributed by atoms with Gasteiger partial charge in [-0.2, -0.15) is 0 Å². The van der Waals surface area contributed by atoms with Gasteiger partial charge in [0.05, 0.1) is 4.92 Å². The molecule has 0 fully saturated rings. The van der Waals surface area contributed by atoms with Crippen LogP contribution in [0.25, 0.3) is 10.6 Å². The van der Waals surface area contributed by atoms with E-state index in [9.17, 15) is 10.1 Å². The topological polar surface area (TPSA) is 81.0 Å². The van der Waals surface area contributed by atoms with E-state index in [2.05, 4.69) is 15.5 Å². The molecule has 0 bridgehead atoms. The summed E-state index contributed by atoms with van der Waals surface area (Å²) in [6, 6.07) is 6.44. The van der Waals surface area contributed by atoms with Gasteiger partial charge in [-0.15, -0.1) is 10.2 Å². The molecule has 0 amide bonds. The van der Waals surface area contributed by atoms with Crippen LogP contribution >= 0.6 is 11.3 Å². The van der Waals surface area contributed by atoms with Crippen molar-refractivity contribution in [2.75, 3.05) is 13.6 Å². The van der Waals surface area contributed by atoms with Crippen molar-refractivity contribution >= 4 is 17.0 Å². The third kappa shape index (κ3) is 2.88. The molecular formula is C11H12N4O2S. The molecule has 2 aromatic rings. The lowest BCUT2D eigenvalue weighted by molar-refractivity contribution is -0.384. The van der Waals surface area contributed by atoms with Crippen molar-refractivity contribution in [1.82, 2.24) is 15.5 Å². The molecule has 0 aliphatic rings. The van der Waals surface area contributed by atoms with Crippen LogP contribution in [0.5, 0.6) is 0 Å². The van der Waals surface area contributed by atoms with Gasteiger partial charge in [0.15, 0.2) is 0 Å². The molecule has 0 unspecified atom stereocenters. The van der Waals surface area contributed by atoms with Crippen molar-refractivity contribution in [3.8, 4) is 10.6 Å². The molecule has 6 nitrogen and oxygen atoms in total. The molecule has 1 heterocycles. The number of nitro benzene ring substituents is 1. The fourth-order valence-electron chi connectivity index (χ4n) is 1.46. The summed E-state index contributed by atoms with van der Waals surface area (Å²) in [5, 5.41) is 23.5. The number of rotatable bonds is 5.